The number of carbonyl (C=O) groups is 3. The first kappa shape index (κ1) is 21.6. The van der Waals surface area contributed by atoms with E-state index in [4.69, 9.17) is 4.74 Å². The van der Waals surface area contributed by atoms with Crippen molar-refractivity contribution in [2.75, 3.05) is 13.2 Å². The van der Waals surface area contributed by atoms with Gasteiger partial charge in [-0.1, -0.05) is 36.4 Å². The van der Waals surface area contributed by atoms with Crippen LogP contribution in [-0.2, 0) is 17.8 Å². The predicted molar refractivity (Wildman–Crippen MR) is 125 cm³/mol. The number of hydrogen-bond donors (Lipinski definition) is 0. The topological polar surface area (TPSA) is 66.9 Å². The molecule has 2 aliphatic rings. The van der Waals surface area contributed by atoms with E-state index in [9.17, 15) is 14.4 Å². The van der Waals surface area contributed by atoms with Gasteiger partial charge in [0, 0.05) is 23.6 Å². The summed E-state index contributed by atoms with van der Waals surface area (Å²) in [6.45, 7) is 1.92. The number of carbonyl (C=O) groups excluding carboxylic acids is 3. The molecule has 0 N–H and O–H groups in total. The van der Waals surface area contributed by atoms with E-state index >= 15 is 0 Å². The Labute approximate surface area is 196 Å². The number of benzene rings is 2. The molecular weight excluding hydrogens is 436 g/mol. The number of rotatable bonds is 7. The largest absolute Gasteiger partial charge is 0.376 e. The molecule has 3 aromatic rings. The monoisotopic (exact) mass is 460 g/mol. The van der Waals surface area contributed by atoms with Crippen LogP contribution in [0.3, 0.4) is 0 Å². The van der Waals surface area contributed by atoms with Crippen LogP contribution in [0.4, 0.5) is 0 Å². The highest BCUT2D eigenvalue weighted by Gasteiger charge is 2.36. The third-order valence-electron chi connectivity index (χ3n) is 6.06. The van der Waals surface area contributed by atoms with Crippen molar-refractivity contribution in [3.63, 3.8) is 0 Å². The second-order valence-corrected chi connectivity index (χ2v) is 9.37. The van der Waals surface area contributed by atoms with Crippen LogP contribution >= 0.6 is 11.3 Å². The lowest BCUT2D eigenvalue weighted by Gasteiger charge is -2.25. The zero-order chi connectivity index (χ0) is 22.8. The van der Waals surface area contributed by atoms with Gasteiger partial charge in [-0.2, -0.15) is 0 Å². The summed E-state index contributed by atoms with van der Waals surface area (Å²) in [7, 11) is 0. The van der Waals surface area contributed by atoms with Crippen LogP contribution in [0.15, 0.2) is 66.0 Å². The van der Waals surface area contributed by atoms with Gasteiger partial charge in [0.2, 0.25) is 0 Å². The van der Waals surface area contributed by atoms with Gasteiger partial charge in [0.15, 0.2) is 0 Å². The zero-order valence-corrected chi connectivity index (χ0v) is 18.9. The van der Waals surface area contributed by atoms with Gasteiger partial charge in [-0.3, -0.25) is 19.3 Å². The van der Waals surface area contributed by atoms with Crippen molar-refractivity contribution in [2.45, 2.75) is 32.0 Å². The van der Waals surface area contributed by atoms with Crippen LogP contribution in [0.5, 0.6) is 0 Å². The molecule has 5 rings (SSSR count). The number of imide groups is 1. The highest BCUT2D eigenvalue weighted by molar-refractivity contribution is 7.09. The van der Waals surface area contributed by atoms with Gasteiger partial charge in [0.05, 0.1) is 30.3 Å². The maximum atomic E-state index is 13.5. The molecule has 2 aromatic carbocycles. The Balaban J connectivity index is 1.39. The fourth-order valence-corrected chi connectivity index (χ4v) is 5.08. The fourth-order valence-electron chi connectivity index (χ4n) is 4.36. The molecule has 0 bridgehead atoms. The number of hydrogen-bond acceptors (Lipinski definition) is 5. The minimum atomic E-state index is -0.363. The van der Waals surface area contributed by atoms with E-state index in [1.807, 2.05) is 47.8 Å². The summed E-state index contributed by atoms with van der Waals surface area (Å²) in [5.41, 5.74) is 1.92. The van der Waals surface area contributed by atoms with E-state index < -0.39 is 0 Å². The van der Waals surface area contributed by atoms with Crippen LogP contribution in [0.25, 0.3) is 0 Å². The quantitative estimate of drug-likeness (QED) is 0.491. The summed E-state index contributed by atoms with van der Waals surface area (Å²) in [6, 6.07) is 18.2. The maximum Gasteiger partial charge on any atom is 0.261 e. The van der Waals surface area contributed by atoms with E-state index in [-0.39, 0.29) is 35.9 Å². The smallest absolute Gasteiger partial charge is 0.261 e. The minimum absolute atomic E-state index is 0.0212. The van der Waals surface area contributed by atoms with E-state index in [0.29, 0.717) is 24.2 Å². The molecule has 1 unspecified atom stereocenters. The molecule has 1 fully saturated rings. The third kappa shape index (κ3) is 4.47. The third-order valence-corrected chi connectivity index (χ3v) is 6.92. The van der Waals surface area contributed by atoms with Crippen LogP contribution in [-0.4, -0.2) is 46.8 Å². The molecule has 0 spiro atoms. The lowest BCUT2D eigenvalue weighted by molar-refractivity contribution is 0.0509. The first-order chi connectivity index (χ1) is 16.1. The van der Waals surface area contributed by atoms with Crippen molar-refractivity contribution in [3.05, 3.63) is 93.2 Å². The lowest BCUT2D eigenvalue weighted by atomic mass is 10.0. The van der Waals surface area contributed by atoms with Crippen LogP contribution in [0.2, 0.25) is 0 Å². The molecule has 7 heteroatoms. The molecule has 33 heavy (non-hydrogen) atoms. The lowest BCUT2D eigenvalue weighted by Crippen LogP contribution is -2.36. The molecule has 3 amide bonds. The SMILES string of the molecule is O=C(c1ccc2c(c1)C(=O)N(Cc1ccccc1)C2=O)N(Cc1cccs1)CC1CCCO1. The van der Waals surface area contributed by atoms with Crippen LogP contribution < -0.4 is 0 Å². The Kier molecular flexibility index (Phi) is 6.07. The Morgan fingerprint density at radius 1 is 1.03 bits per heavy atom. The van der Waals surface area contributed by atoms with Gasteiger partial charge in [0.25, 0.3) is 17.7 Å². The zero-order valence-electron chi connectivity index (χ0n) is 18.1. The van der Waals surface area contributed by atoms with Gasteiger partial charge in [-0.15, -0.1) is 11.3 Å². The molecule has 0 saturated carbocycles. The van der Waals surface area contributed by atoms with Crippen LogP contribution in [0, 0.1) is 0 Å². The van der Waals surface area contributed by atoms with E-state index in [1.54, 1.807) is 34.4 Å². The molecule has 0 radical (unpaired) electrons. The van der Waals surface area contributed by atoms with E-state index in [2.05, 4.69) is 0 Å². The number of ether oxygens (including phenoxy) is 1. The second-order valence-electron chi connectivity index (χ2n) is 8.34. The Morgan fingerprint density at radius 2 is 1.85 bits per heavy atom. The first-order valence-electron chi connectivity index (χ1n) is 11.1. The highest BCUT2D eigenvalue weighted by atomic mass is 32.1. The molecule has 1 atom stereocenters. The summed E-state index contributed by atoms with van der Waals surface area (Å²) in [5, 5.41) is 1.99. The molecule has 3 heterocycles. The van der Waals surface area contributed by atoms with Crippen LogP contribution in [0.1, 0.15) is 54.4 Å². The summed E-state index contributed by atoms with van der Waals surface area (Å²) in [5.74, 6) is -0.853. The van der Waals surface area contributed by atoms with Gasteiger partial charge in [-0.25, -0.2) is 0 Å². The molecule has 0 aliphatic carbocycles. The second kappa shape index (κ2) is 9.29. The van der Waals surface area contributed by atoms with Crippen molar-refractivity contribution in [3.8, 4) is 0 Å². The molecule has 6 nitrogen and oxygen atoms in total. The standard InChI is InChI=1S/C26H24N2O4S/c29-24(27(16-20-8-4-12-32-20)17-21-9-5-13-33-21)19-10-11-22-23(14-19)26(31)28(25(22)30)15-18-6-2-1-3-7-18/h1-3,5-7,9-11,13-14,20H,4,8,12,15-17H2. The van der Waals surface area contributed by atoms with Crippen molar-refractivity contribution in [1.82, 2.24) is 9.80 Å². The summed E-state index contributed by atoms with van der Waals surface area (Å²) < 4.78 is 5.77. The summed E-state index contributed by atoms with van der Waals surface area (Å²) in [6.07, 6.45) is 1.95. The Bertz CT molecular complexity index is 1170. The van der Waals surface area contributed by atoms with Gasteiger partial charge < -0.3 is 9.64 Å². The van der Waals surface area contributed by atoms with Gasteiger partial charge >= 0.3 is 0 Å². The fraction of sp³-hybridized carbons (Fsp3) is 0.269. The summed E-state index contributed by atoms with van der Waals surface area (Å²) >= 11 is 1.60. The van der Waals surface area contributed by atoms with Crippen molar-refractivity contribution < 1.29 is 19.1 Å². The van der Waals surface area contributed by atoms with Crippen molar-refractivity contribution >= 4 is 29.1 Å². The average Bonchev–Trinajstić information content (AvgIpc) is 3.59. The highest BCUT2D eigenvalue weighted by Crippen LogP contribution is 2.27. The predicted octanol–water partition coefficient (Wildman–Crippen LogP) is 4.37. The normalized spacial score (nSPS) is 17.5. The average molecular weight is 461 g/mol. The number of nitrogens with zero attached hydrogens (tertiary/aromatic N) is 2. The Morgan fingerprint density at radius 3 is 2.58 bits per heavy atom. The molecule has 1 aromatic heterocycles. The maximum absolute atomic E-state index is 13.5. The number of amides is 3. The summed E-state index contributed by atoms with van der Waals surface area (Å²) in [4.78, 5) is 43.5. The molecule has 168 valence electrons. The minimum Gasteiger partial charge on any atom is -0.376 e. The van der Waals surface area contributed by atoms with Crippen molar-refractivity contribution in [2.24, 2.45) is 0 Å². The number of thiophene rings is 1. The van der Waals surface area contributed by atoms with Gasteiger partial charge in [-0.05, 0) is 48.1 Å². The van der Waals surface area contributed by atoms with E-state index in [0.717, 1.165) is 29.9 Å². The van der Waals surface area contributed by atoms with Crippen molar-refractivity contribution in [1.29, 1.82) is 0 Å². The molecule has 1 saturated heterocycles. The Hall–Kier alpha value is -3.29. The molecular formula is C26H24N2O4S. The number of fused-ring (bicyclic) bond motifs is 1. The first-order valence-corrected chi connectivity index (χ1v) is 12.0. The molecule has 2 aliphatic heterocycles. The van der Waals surface area contributed by atoms with Gasteiger partial charge in [0.1, 0.15) is 0 Å². The van der Waals surface area contributed by atoms with E-state index in [1.165, 1.54) is 4.90 Å².